The van der Waals surface area contributed by atoms with Crippen molar-refractivity contribution >= 4 is 35.1 Å². The van der Waals surface area contributed by atoms with Gasteiger partial charge in [-0.25, -0.2) is 0 Å². The maximum Gasteiger partial charge on any atom is 0.238 e. The van der Waals surface area contributed by atoms with E-state index in [1.807, 2.05) is 30.3 Å². The van der Waals surface area contributed by atoms with Gasteiger partial charge in [-0.2, -0.15) is 0 Å². The highest BCUT2D eigenvalue weighted by Gasteiger charge is 2.56. The minimum absolute atomic E-state index is 0.109. The van der Waals surface area contributed by atoms with E-state index in [1.54, 1.807) is 37.3 Å². The van der Waals surface area contributed by atoms with Crippen LogP contribution in [0.4, 0.5) is 5.69 Å². The smallest absolute Gasteiger partial charge is 0.238 e. The Balaban J connectivity index is 1.42. The lowest BCUT2D eigenvalue weighted by molar-refractivity contribution is -0.123. The van der Waals surface area contributed by atoms with Gasteiger partial charge in [0.1, 0.15) is 12.4 Å². The van der Waals surface area contributed by atoms with Crippen LogP contribution < -0.4 is 9.64 Å². The normalized spacial score (nSPS) is 25.7. The number of fused-ring (bicyclic) bond motifs is 3. The monoisotopic (exact) mass is 535 g/mol. The molecule has 1 heterocycles. The van der Waals surface area contributed by atoms with Crippen molar-refractivity contribution in [1.82, 2.24) is 0 Å². The van der Waals surface area contributed by atoms with Crippen LogP contribution >= 0.6 is 0 Å². The molecule has 1 saturated heterocycles. The Bertz CT molecular complexity index is 1540. The number of benzene rings is 2. The number of aliphatic hydroxyl groups is 1. The summed E-state index contributed by atoms with van der Waals surface area (Å²) in [5.41, 5.74) is 4.40. The van der Waals surface area contributed by atoms with Crippen molar-refractivity contribution in [2.24, 2.45) is 17.8 Å². The molecule has 202 valence electrons. The van der Waals surface area contributed by atoms with Crippen LogP contribution in [0.15, 0.2) is 89.6 Å². The van der Waals surface area contributed by atoms with E-state index in [9.17, 15) is 19.2 Å². The molecule has 7 heteroatoms. The first kappa shape index (κ1) is 25.9. The molecule has 40 heavy (non-hydrogen) atoms. The molecule has 0 bridgehead atoms. The van der Waals surface area contributed by atoms with E-state index < -0.39 is 17.8 Å². The number of Topliss-reactive ketones (excluding diaryl/α,β-unsaturated/α-hetero) is 1. The molecule has 4 unspecified atom stereocenters. The topological polar surface area (TPSA) is 101 Å². The van der Waals surface area contributed by atoms with Gasteiger partial charge in [-0.05, 0) is 67.2 Å². The van der Waals surface area contributed by atoms with Gasteiger partial charge in [-0.15, -0.1) is 0 Å². The van der Waals surface area contributed by atoms with E-state index in [0.717, 1.165) is 16.7 Å². The number of hydrogen-bond donors (Lipinski definition) is 1. The van der Waals surface area contributed by atoms with E-state index in [-0.39, 0.29) is 48.9 Å². The van der Waals surface area contributed by atoms with Gasteiger partial charge in [0.15, 0.2) is 11.6 Å². The number of carbonyl (C=O) groups excluding carboxylic acids is 4. The minimum Gasteiger partial charge on any atom is -0.491 e. The second-order valence-electron chi connectivity index (χ2n) is 10.7. The summed E-state index contributed by atoms with van der Waals surface area (Å²) in [5.74, 6) is -2.35. The van der Waals surface area contributed by atoms with Gasteiger partial charge in [0.05, 0.1) is 24.1 Å². The summed E-state index contributed by atoms with van der Waals surface area (Å²) in [6, 6.07) is 14.4. The zero-order valence-corrected chi connectivity index (χ0v) is 22.1. The SMILES string of the molecule is C=Cc1ccc(N2C(=O)C3CC=C4C(c5ccc(OCCO)cc5)C5=C(CC4C3C2=O)C(=O)C=C(C)C5=O)cc1. The third-order valence-electron chi connectivity index (χ3n) is 8.53. The Hall–Kier alpha value is -4.36. The first-order valence-electron chi connectivity index (χ1n) is 13.5. The molecule has 6 rings (SSSR count). The third kappa shape index (κ3) is 4.00. The summed E-state index contributed by atoms with van der Waals surface area (Å²) >= 11 is 0. The number of anilines is 1. The van der Waals surface area contributed by atoms with Gasteiger partial charge >= 0.3 is 0 Å². The average molecular weight is 536 g/mol. The van der Waals surface area contributed by atoms with Gasteiger partial charge < -0.3 is 9.84 Å². The van der Waals surface area contributed by atoms with Crippen molar-refractivity contribution < 1.29 is 29.0 Å². The highest BCUT2D eigenvalue weighted by atomic mass is 16.5. The summed E-state index contributed by atoms with van der Waals surface area (Å²) in [6.45, 7) is 5.46. The lowest BCUT2D eigenvalue weighted by atomic mass is 9.59. The van der Waals surface area contributed by atoms with E-state index in [2.05, 4.69) is 6.58 Å². The van der Waals surface area contributed by atoms with E-state index in [1.165, 1.54) is 11.0 Å². The van der Waals surface area contributed by atoms with Crippen LogP contribution in [0.25, 0.3) is 6.08 Å². The Labute approximate surface area is 232 Å². The van der Waals surface area contributed by atoms with Gasteiger partial charge in [0.2, 0.25) is 11.8 Å². The molecular weight excluding hydrogens is 506 g/mol. The quantitative estimate of drug-likeness (QED) is 0.336. The molecule has 1 fully saturated rings. The molecular formula is C33H29NO6. The van der Waals surface area contributed by atoms with Gasteiger partial charge in [-0.1, -0.05) is 48.6 Å². The first-order valence-corrected chi connectivity index (χ1v) is 13.5. The molecule has 4 atom stereocenters. The molecule has 0 radical (unpaired) electrons. The van der Waals surface area contributed by atoms with Crippen LogP contribution in [0.3, 0.4) is 0 Å². The average Bonchev–Trinajstić information content (AvgIpc) is 3.23. The number of nitrogens with zero attached hydrogens (tertiary/aromatic N) is 1. The lowest BCUT2D eigenvalue weighted by Gasteiger charge is -2.42. The van der Waals surface area contributed by atoms with Crippen molar-refractivity contribution in [1.29, 1.82) is 0 Å². The zero-order valence-electron chi connectivity index (χ0n) is 22.1. The zero-order chi connectivity index (χ0) is 28.1. The number of ether oxygens (including phenoxy) is 1. The van der Waals surface area contributed by atoms with Crippen molar-refractivity contribution in [2.75, 3.05) is 18.1 Å². The molecule has 0 saturated carbocycles. The summed E-state index contributed by atoms with van der Waals surface area (Å²) in [7, 11) is 0. The fourth-order valence-electron chi connectivity index (χ4n) is 6.67. The molecule has 7 nitrogen and oxygen atoms in total. The van der Waals surface area contributed by atoms with Crippen molar-refractivity contribution in [3.8, 4) is 5.75 Å². The molecule has 3 aliphatic carbocycles. The summed E-state index contributed by atoms with van der Waals surface area (Å²) in [4.78, 5) is 55.6. The van der Waals surface area contributed by atoms with Crippen LogP contribution in [-0.4, -0.2) is 41.7 Å². The molecule has 2 aromatic carbocycles. The summed E-state index contributed by atoms with van der Waals surface area (Å²) < 4.78 is 5.52. The predicted molar refractivity (Wildman–Crippen MR) is 149 cm³/mol. The number of carbonyl (C=O) groups is 4. The number of allylic oxidation sites excluding steroid dienone is 6. The highest BCUT2D eigenvalue weighted by Crippen LogP contribution is 2.55. The predicted octanol–water partition coefficient (Wildman–Crippen LogP) is 4.33. The number of ketones is 2. The van der Waals surface area contributed by atoms with Crippen LogP contribution in [-0.2, 0) is 19.2 Å². The molecule has 2 aromatic rings. The standard InChI is InChI=1S/C33H29NO6/c1-3-19-4-8-21(9-5-19)34-32(38)24-13-12-23-25(29(24)33(34)39)17-26-27(36)16-18(2)31(37)30(26)28(23)20-6-10-22(11-7-20)40-15-14-35/h3-12,16,24-25,28-29,35H,1,13-15,17H2,2H3. The maximum atomic E-state index is 13.9. The second kappa shape index (κ2) is 9.99. The van der Waals surface area contributed by atoms with Gasteiger partial charge in [-0.3, -0.25) is 24.1 Å². The molecule has 0 spiro atoms. The Kier molecular flexibility index (Phi) is 6.47. The largest absolute Gasteiger partial charge is 0.491 e. The van der Waals surface area contributed by atoms with E-state index in [4.69, 9.17) is 9.84 Å². The van der Waals surface area contributed by atoms with Crippen LogP contribution in [0.2, 0.25) is 0 Å². The van der Waals surface area contributed by atoms with Crippen LogP contribution in [0.1, 0.15) is 36.8 Å². The van der Waals surface area contributed by atoms with Crippen molar-refractivity contribution in [2.45, 2.75) is 25.7 Å². The Morgan fingerprint density at radius 1 is 1.00 bits per heavy atom. The van der Waals surface area contributed by atoms with Crippen LogP contribution in [0, 0.1) is 17.8 Å². The van der Waals surface area contributed by atoms with E-state index in [0.29, 0.717) is 34.6 Å². The molecule has 0 aromatic heterocycles. The van der Waals surface area contributed by atoms with Crippen LogP contribution in [0.5, 0.6) is 5.75 Å². The Morgan fingerprint density at radius 2 is 1.73 bits per heavy atom. The first-order chi connectivity index (χ1) is 19.3. The summed E-state index contributed by atoms with van der Waals surface area (Å²) in [5, 5.41) is 9.08. The van der Waals surface area contributed by atoms with E-state index >= 15 is 0 Å². The fourth-order valence-corrected chi connectivity index (χ4v) is 6.67. The van der Waals surface area contributed by atoms with Crippen molar-refractivity contribution in [3.63, 3.8) is 0 Å². The molecule has 1 aliphatic heterocycles. The molecule has 4 aliphatic rings. The van der Waals surface area contributed by atoms with Crippen molar-refractivity contribution in [3.05, 3.63) is 101 Å². The molecule has 2 amide bonds. The molecule has 1 N–H and O–H groups in total. The number of amides is 2. The number of imide groups is 1. The Morgan fingerprint density at radius 3 is 2.40 bits per heavy atom. The van der Waals surface area contributed by atoms with Gasteiger partial charge in [0, 0.05) is 22.6 Å². The lowest BCUT2D eigenvalue weighted by Crippen LogP contribution is -2.39. The maximum absolute atomic E-state index is 13.9. The number of aliphatic hydroxyl groups excluding tert-OH is 1. The van der Waals surface area contributed by atoms with Gasteiger partial charge in [0.25, 0.3) is 0 Å². The highest BCUT2D eigenvalue weighted by molar-refractivity contribution is 6.25. The summed E-state index contributed by atoms with van der Waals surface area (Å²) in [6.07, 6.45) is 5.72. The minimum atomic E-state index is -0.620. The number of rotatable bonds is 6. The third-order valence-corrected chi connectivity index (χ3v) is 8.53. The number of hydrogen-bond acceptors (Lipinski definition) is 6. The second-order valence-corrected chi connectivity index (χ2v) is 10.7. The fraction of sp³-hybridized carbons (Fsp3) is 0.273.